The monoisotopic (exact) mass is 287 g/mol. The molecule has 0 radical (unpaired) electrons. The Morgan fingerprint density at radius 1 is 1.25 bits per heavy atom. The second-order valence-corrected chi connectivity index (χ2v) is 6.18. The standard InChI is InChI=1S/C14H17N5S/c1-9-4-5-11-10(8-9)12-13(15-11)16-14(18-17-12)20-7-6-19(2)3/h4-5,8H,6-7H2,1-3H3,(H,15,16,18). The summed E-state index contributed by atoms with van der Waals surface area (Å²) in [6.07, 6.45) is 0. The van der Waals surface area contributed by atoms with Gasteiger partial charge < -0.3 is 9.88 Å². The number of thioether (sulfide) groups is 1. The van der Waals surface area contributed by atoms with Crippen molar-refractivity contribution in [2.45, 2.75) is 12.1 Å². The Labute approximate surface area is 121 Å². The lowest BCUT2D eigenvalue weighted by Gasteiger charge is -2.07. The zero-order chi connectivity index (χ0) is 14.1. The molecule has 3 rings (SSSR count). The zero-order valence-electron chi connectivity index (χ0n) is 11.8. The van der Waals surface area contributed by atoms with Gasteiger partial charge in [-0.15, -0.1) is 10.2 Å². The van der Waals surface area contributed by atoms with E-state index in [4.69, 9.17) is 0 Å². The molecule has 3 aromatic rings. The fourth-order valence-corrected chi connectivity index (χ4v) is 2.94. The number of hydrogen-bond acceptors (Lipinski definition) is 5. The van der Waals surface area contributed by atoms with Crippen LogP contribution in [0.25, 0.3) is 22.1 Å². The Morgan fingerprint density at radius 3 is 2.90 bits per heavy atom. The molecule has 0 fully saturated rings. The summed E-state index contributed by atoms with van der Waals surface area (Å²) in [6.45, 7) is 3.07. The molecule has 104 valence electrons. The minimum atomic E-state index is 0.725. The molecule has 0 spiro atoms. The van der Waals surface area contributed by atoms with Crippen LogP contribution < -0.4 is 0 Å². The number of H-pyrrole nitrogens is 1. The van der Waals surface area contributed by atoms with Gasteiger partial charge in [0.05, 0.1) is 0 Å². The fraction of sp³-hybridized carbons (Fsp3) is 0.357. The molecule has 0 bridgehead atoms. The lowest BCUT2D eigenvalue weighted by atomic mass is 10.2. The normalized spacial score (nSPS) is 11.8. The Balaban J connectivity index is 1.93. The Kier molecular flexibility index (Phi) is 3.58. The van der Waals surface area contributed by atoms with Crippen molar-refractivity contribution in [2.24, 2.45) is 0 Å². The molecule has 1 N–H and O–H groups in total. The van der Waals surface area contributed by atoms with E-state index in [9.17, 15) is 0 Å². The smallest absolute Gasteiger partial charge is 0.211 e. The first-order chi connectivity index (χ1) is 9.63. The highest BCUT2D eigenvalue weighted by Crippen LogP contribution is 2.24. The fourth-order valence-electron chi connectivity index (χ4n) is 2.05. The predicted molar refractivity (Wildman–Crippen MR) is 83.2 cm³/mol. The van der Waals surface area contributed by atoms with E-state index in [-0.39, 0.29) is 0 Å². The molecule has 6 heteroatoms. The number of fused-ring (bicyclic) bond motifs is 3. The Hall–Kier alpha value is -1.66. The number of nitrogens with zero attached hydrogens (tertiary/aromatic N) is 4. The Morgan fingerprint density at radius 2 is 2.10 bits per heavy atom. The highest BCUT2D eigenvalue weighted by Gasteiger charge is 2.09. The Bertz CT molecular complexity index is 750. The van der Waals surface area contributed by atoms with Crippen molar-refractivity contribution < 1.29 is 0 Å². The van der Waals surface area contributed by atoms with Crippen molar-refractivity contribution >= 4 is 33.8 Å². The van der Waals surface area contributed by atoms with Crippen LogP contribution in [0.3, 0.4) is 0 Å². The quantitative estimate of drug-likeness (QED) is 0.747. The van der Waals surface area contributed by atoms with Crippen LogP contribution in [0.5, 0.6) is 0 Å². The molecular weight excluding hydrogens is 270 g/mol. The molecule has 0 unspecified atom stereocenters. The summed E-state index contributed by atoms with van der Waals surface area (Å²) in [7, 11) is 4.12. The summed E-state index contributed by atoms with van der Waals surface area (Å²) >= 11 is 1.63. The molecule has 0 saturated heterocycles. The number of nitrogens with one attached hydrogen (secondary N) is 1. The summed E-state index contributed by atoms with van der Waals surface area (Å²) in [5.41, 5.74) is 3.93. The number of aromatic amines is 1. The second kappa shape index (κ2) is 5.38. The first-order valence-electron chi connectivity index (χ1n) is 6.54. The van der Waals surface area contributed by atoms with Crippen LogP contribution >= 0.6 is 11.8 Å². The predicted octanol–water partition coefficient (Wildman–Crippen LogP) is 2.47. The highest BCUT2D eigenvalue weighted by molar-refractivity contribution is 7.99. The van der Waals surface area contributed by atoms with Gasteiger partial charge in [0.2, 0.25) is 5.16 Å². The van der Waals surface area contributed by atoms with E-state index >= 15 is 0 Å². The summed E-state index contributed by atoms with van der Waals surface area (Å²) < 4.78 is 0. The molecule has 20 heavy (non-hydrogen) atoms. The van der Waals surface area contributed by atoms with Gasteiger partial charge >= 0.3 is 0 Å². The van der Waals surface area contributed by atoms with E-state index < -0.39 is 0 Å². The summed E-state index contributed by atoms with van der Waals surface area (Å²) in [4.78, 5) is 10.0. The number of aromatic nitrogens is 4. The number of benzene rings is 1. The molecule has 1 aromatic carbocycles. The summed E-state index contributed by atoms with van der Waals surface area (Å²) in [5.74, 6) is 0.958. The molecule has 2 heterocycles. The number of rotatable bonds is 4. The topological polar surface area (TPSA) is 57.7 Å². The van der Waals surface area contributed by atoms with Crippen molar-refractivity contribution in [3.63, 3.8) is 0 Å². The van der Waals surface area contributed by atoms with Gasteiger partial charge in [0.15, 0.2) is 5.65 Å². The molecule has 0 aliphatic heterocycles. The van der Waals surface area contributed by atoms with E-state index in [1.54, 1.807) is 11.8 Å². The third kappa shape index (κ3) is 2.62. The third-order valence-electron chi connectivity index (χ3n) is 3.12. The molecule has 5 nitrogen and oxygen atoms in total. The first kappa shape index (κ1) is 13.3. The van der Waals surface area contributed by atoms with Crippen molar-refractivity contribution in [3.8, 4) is 0 Å². The third-order valence-corrected chi connectivity index (χ3v) is 3.94. The van der Waals surface area contributed by atoms with Crippen molar-refractivity contribution in [1.29, 1.82) is 0 Å². The molecule has 0 aliphatic carbocycles. The number of aryl methyl sites for hydroxylation is 1. The van der Waals surface area contributed by atoms with Crippen LogP contribution in [0.1, 0.15) is 5.56 Å². The maximum Gasteiger partial charge on any atom is 0.211 e. The van der Waals surface area contributed by atoms with Crippen molar-refractivity contribution in [1.82, 2.24) is 25.1 Å². The van der Waals surface area contributed by atoms with E-state index in [0.717, 1.165) is 39.5 Å². The minimum absolute atomic E-state index is 0.725. The van der Waals surface area contributed by atoms with E-state index in [0.29, 0.717) is 0 Å². The van der Waals surface area contributed by atoms with Crippen LogP contribution in [0.2, 0.25) is 0 Å². The molecule has 2 aromatic heterocycles. The molecular formula is C14H17N5S. The van der Waals surface area contributed by atoms with Crippen LogP contribution in [-0.2, 0) is 0 Å². The first-order valence-corrected chi connectivity index (χ1v) is 7.52. The van der Waals surface area contributed by atoms with Gasteiger partial charge in [0, 0.05) is 23.2 Å². The summed E-state index contributed by atoms with van der Waals surface area (Å²) in [5, 5.41) is 10.4. The molecule has 0 atom stereocenters. The van der Waals surface area contributed by atoms with Gasteiger partial charge in [0.1, 0.15) is 5.52 Å². The molecule has 0 saturated carbocycles. The highest BCUT2D eigenvalue weighted by atomic mass is 32.2. The molecule has 0 amide bonds. The van der Waals surface area contributed by atoms with Crippen LogP contribution in [0, 0.1) is 6.92 Å². The van der Waals surface area contributed by atoms with Gasteiger partial charge in [-0.3, -0.25) is 0 Å². The van der Waals surface area contributed by atoms with E-state index in [1.165, 1.54) is 5.56 Å². The number of hydrogen-bond donors (Lipinski definition) is 1. The van der Waals surface area contributed by atoms with Gasteiger partial charge in [-0.1, -0.05) is 23.4 Å². The van der Waals surface area contributed by atoms with Gasteiger partial charge in [0.25, 0.3) is 0 Å². The molecule has 0 aliphatic rings. The largest absolute Gasteiger partial charge is 0.338 e. The van der Waals surface area contributed by atoms with Gasteiger partial charge in [-0.2, -0.15) is 0 Å². The van der Waals surface area contributed by atoms with Crippen LogP contribution in [0.15, 0.2) is 23.4 Å². The van der Waals surface area contributed by atoms with Gasteiger partial charge in [-0.25, -0.2) is 4.98 Å². The summed E-state index contributed by atoms with van der Waals surface area (Å²) in [6, 6.07) is 6.26. The lowest BCUT2D eigenvalue weighted by Crippen LogP contribution is -2.14. The average molecular weight is 287 g/mol. The lowest BCUT2D eigenvalue weighted by molar-refractivity contribution is 0.437. The van der Waals surface area contributed by atoms with Gasteiger partial charge in [-0.05, 0) is 33.2 Å². The van der Waals surface area contributed by atoms with Crippen molar-refractivity contribution in [3.05, 3.63) is 23.8 Å². The van der Waals surface area contributed by atoms with E-state index in [2.05, 4.69) is 64.3 Å². The van der Waals surface area contributed by atoms with Crippen LogP contribution in [0.4, 0.5) is 0 Å². The maximum absolute atomic E-state index is 4.55. The average Bonchev–Trinajstić information content (AvgIpc) is 2.75. The minimum Gasteiger partial charge on any atom is -0.338 e. The van der Waals surface area contributed by atoms with E-state index in [1.807, 2.05) is 0 Å². The SMILES string of the molecule is Cc1ccc2[nH]c3nc(SCCN(C)C)nnc3c2c1. The van der Waals surface area contributed by atoms with Crippen LogP contribution in [-0.4, -0.2) is 51.5 Å². The zero-order valence-corrected chi connectivity index (χ0v) is 12.7. The second-order valence-electron chi connectivity index (χ2n) is 5.12. The van der Waals surface area contributed by atoms with Crippen molar-refractivity contribution in [2.75, 3.05) is 26.4 Å². The maximum atomic E-state index is 4.55.